The van der Waals surface area contributed by atoms with E-state index in [1.807, 2.05) is 36.4 Å². The fourth-order valence-electron chi connectivity index (χ4n) is 2.48. The van der Waals surface area contributed by atoms with Gasteiger partial charge in [0.05, 0.1) is 0 Å². The summed E-state index contributed by atoms with van der Waals surface area (Å²) >= 11 is 0.338. The molecule has 0 radical (unpaired) electrons. The van der Waals surface area contributed by atoms with E-state index in [-0.39, 0.29) is 12.2 Å². The van der Waals surface area contributed by atoms with E-state index >= 15 is 0 Å². The van der Waals surface area contributed by atoms with Gasteiger partial charge in [-0.1, -0.05) is 0 Å². The molecule has 2 aromatic rings. The third kappa shape index (κ3) is 4.19. The Morgan fingerprint density at radius 1 is 1.05 bits per heavy atom. The van der Waals surface area contributed by atoms with Crippen LogP contribution in [0.4, 0.5) is 0 Å². The van der Waals surface area contributed by atoms with Gasteiger partial charge in [-0.15, -0.1) is 0 Å². The Morgan fingerprint density at radius 2 is 1.73 bits per heavy atom. The van der Waals surface area contributed by atoms with Crippen molar-refractivity contribution in [3.8, 4) is 0 Å². The van der Waals surface area contributed by atoms with Crippen molar-refractivity contribution in [3.63, 3.8) is 0 Å². The van der Waals surface area contributed by atoms with Crippen molar-refractivity contribution in [2.45, 2.75) is 30.2 Å². The first-order valence-corrected chi connectivity index (χ1v) is 9.53. The third-order valence-corrected chi connectivity index (χ3v) is 5.98. The van der Waals surface area contributed by atoms with Crippen molar-refractivity contribution in [1.82, 2.24) is 0 Å². The predicted octanol–water partition coefficient (Wildman–Crippen LogP) is 1.78. The zero-order valence-electron chi connectivity index (χ0n) is 12.3. The molecule has 1 N–H and O–H groups in total. The first-order chi connectivity index (χ1) is 10.8. The molecule has 0 bridgehead atoms. The molecule has 1 fully saturated rings. The van der Waals surface area contributed by atoms with Crippen molar-refractivity contribution >= 4 is 19.4 Å². The predicted molar refractivity (Wildman–Crippen MR) is 87.4 cm³/mol. The van der Waals surface area contributed by atoms with Gasteiger partial charge >= 0.3 is 137 Å². The molecule has 2 aromatic carbocycles. The van der Waals surface area contributed by atoms with Crippen LogP contribution < -0.4 is 4.46 Å². The average molecular weight is 363 g/mol. The van der Waals surface area contributed by atoms with Crippen LogP contribution in [0.25, 0.3) is 0 Å². The van der Waals surface area contributed by atoms with Crippen LogP contribution in [0.2, 0.25) is 5.32 Å². The van der Waals surface area contributed by atoms with E-state index in [1.165, 1.54) is 4.46 Å². The zero-order valence-corrected chi connectivity index (χ0v) is 14.0. The maximum atomic E-state index is 10.1. The molecule has 0 amide bonds. The molecule has 3 atom stereocenters. The SMILES string of the molecule is O[C@@H]1CO[C@H](C[Se]c2ccccc2)[C@H]1OCc1ccccc1. The van der Waals surface area contributed by atoms with Gasteiger partial charge in [-0.25, -0.2) is 0 Å². The van der Waals surface area contributed by atoms with Crippen LogP contribution in [0.1, 0.15) is 5.56 Å². The van der Waals surface area contributed by atoms with Crippen LogP contribution in [0.5, 0.6) is 0 Å². The van der Waals surface area contributed by atoms with E-state index in [2.05, 4.69) is 24.3 Å². The first kappa shape index (κ1) is 15.7. The summed E-state index contributed by atoms with van der Waals surface area (Å²) in [5.41, 5.74) is 1.12. The molecule has 0 aromatic heterocycles. The van der Waals surface area contributed by atoms with Gasteiger partial charge in [0.15, 0.2) is 0 Å². The number of aliphatic hydroxyl groups excluding tert-OH is 1. The molecule has 0 spiro atoms. The topological polar surface area (TPSA) is 38.7 Å². The van der Waals surface area contributed by atoms with Gasteiger partial charge in [-0.2, -0.15) is 0 Å². The molecule has 0 saturated carbocycles. The van der Waals surface area contributed by atoms with Crippen LogP contribution >= 0.6 is 0 Å². The molecular formula is C18H20O3Se. The van der Waals surface area contributed by atoms with Gasteiger partial charge in [0.25, 0.3) is 0 Å². The number of rotatable bonds is 6. The molecule has 1 heterocycles. The van der Waals surface area contributed by atoms with E-state index in [9.17, 15) is 5.11 Å². The number of benzene rings is 2. The maximum absolute atomic E-state index is 10.1. The molecule has 1 aliphatic heterocycles. The summed E-state index contributed by atoms with van der Waals surface area (Å²) in [6.45, 7) is 0.885. The molecule has 1 saturated heterocycles. The Morgan fingerprint density at radius 3 is 2.45 bits per heavy atom. The molecule has 3 rings (SSSR count). The number of aliphatic hydroxyl groups is 1. The van der Waals surface area contributed by atoms with Gasteiger partial charge < -0.3 is 0 Å². The number of ether oxygens (including phenoxy) is 2. The molecule has 0 aliphatic carbocycles. The van der Waals surface area contributed by atoms with E-state index in [0.717, 1.165) is 10.9 Å². The van der Waals surface area contributed by atoms with Crippen LogP contribution in [0.3, 0.4) is 0 Å². The van der Waals surface area contributed by atoms with Crippen LogP contribution in [0, 0.1) is 0 Å². The Kier molecular flexibility index (Phi) is 5.65. The molecule has 1 aliphatic rings. The molecule has 22 heavy (non-hydrogen) atoms. The summed E-state index contributed by atoms with van der Waals surface area (Å²) in [7, 11) is 0. The van der Waals surface area contributed by atoms with E-state index in [4.69, 9.17) is 9.47 Å². The van der Waals surface area contributed by atoms with E-state index in [1.54, 1.807) is 0 Å². The zero-order chi connectivity index (χ0) is 15.2. The van der Waals surface area contributed by atoms with Crippen molar-refractivity contribution in [1.29, 1.82) is 0 Å². The Bertz CT molecular complexity index is 561. The second kappa shape index (κ2) is 7.91. The molecule has 116 valence electrons. The summed E-state index contributed by atoms with van der Waals surface area (Å²) in [4.78, 5) is 0. The minimum absolute atomic E-state index is 0.0149. The van der Waals surface area contributed by atoms with Crippen LogP contribution in [-0.2, 0) is 16.1 Å². The first-order valence-electron chi connectivity index (χ1n) is 7.46. The average Bonchev–Trinajstić information content (AvgIpc) is 2.93. The van der Waals surface area contributed by atoms with Gasteiger partial charge in [0.1, 0.15) is 0 Å². The fourth-order valence-corrected chi connectivity index (χ4v) is 4.56. The summed E-state index contributed by atoms with van der Waals surface area (Å²) in [6, 6.07) is 20.5. The standard InChI is InChI=1S/C18H20O3Se/c19-16-12-20-17(13-22-15-9-5-2-6-10-15)18(16)21-11-14-7-3-1-4-8-14/h1-10,16-19H,11-13H2/t16-,17-,18+/m1/s1. The number of hydrogen-bond acceptors (Lipinski definition) is 3. The van der Waals surface area contributed by atoms with Crippen LogP contribution in [0.15, 0.2) is 60.7 Å². The molecule has 0 unspecified atom stereocenters. The number of hydrogen-bond donors (Lipinski definition) is 1. The van der Waals surface area contributed by atoms with E-state index < -0.39 is 6.10 Å². The van der Waals surface area contributed by atoms with Gasteiger partial charge in [-0.05, 0) is 0 Å². The molecule has 4 heteroatoms. The Hall–Kier alpha value is -1.16. The van der Waals surface area contributed by atoms with Crippen molar-refractivity contribution < 1.29 is 14.6 Å². The second-order valence-corrected chi connectivity index (χ2v) is 7.62. The van der Waals surface area contributed by atoms with Gasteiger partial charge in [0, 0.05) is 0 Å². The van der Waals surface area contributed by atoms with Gasteiger partial charge in [0.2, 0.25) is 0 Å². The third-order valence-electron chi connectivity index (χ3n) is 3.67. The monoisotopic (exact) mass is 364 g/mol. The summed E-state index contributed by atoms with van der Waals surface area (Å²) in [5.74, 6) is 0. The van der Waals surface area contributed by atoms with Gasteiger partial charge in [-0.3, -0.25) is 0 Å². The summed E-state index contributed by atoms with van der Waals surface area (Å²) in [5, 5.41) is 11.0. The minimum atomic E-state index is -0.528. The Labute approximate surface area is 137 Å². The normalized spacial score (nSPS) is 24.5. The van der Waals surface area contributed by atoms with E-state index in [0.29, 0.717) is 28.2 Å². The van der Waals surface area contributed by atoms with Crippen molar-refractivity contribution in [2.75, 3.05) is 6.61 Å². The quantitative estimate of drug-likeness (QED) is 0.796. The fraction of sp³-hybridized carbons (Fsp3) is 0.333. The Balaban J connectivity index is 1.54. The second-order valence-electron chi connectivity index (χ2n) is 5.32. The van der Waals surface area contributed by atoms with Crippen molar-refractivity contribution in [3.05, 3.63) is 66.2 Å². The van der Waals surface area contributed by atoms with Crippen LogP contribution in [-0.4, -0.2) is 45.0 Å². The molecular weight excluding hydrogens is 343 g/mol. The summed E-state index contributed by atoms with van der Waals surface area (Å²) < 4.78 is 13.0. The molecule has 3 nitrogen and oxygen atoms in total. The summed E-state index contributed by atoms with van der Waals surface area (Å²) in [6.07, 6.45) is -0.773. The van der Waals surface area contributed by atoms with Crippen molar-refractivity contribution in [2.24, 2.45) is 0 Å².